The highest BCUT2D eigenvalue weighted by atomic mass is 35.5. The Morgan fingerprint density at radius 2 is 1.64 bits per heavy atom. The Hall–Kier alpha value is -1.93. The quantitative estimate of drug-likeness (QED) is 0.823. The van der Waals surface area contributed by atoms with Gasteiger partial charge in [-0.25, -0.2) is 8.42 Å². The van der Waals surface area contributed by atoms with E-state index in [0.717, 1.165) is 30.9 Å². The Balaban J connectivity index is 0.00000225. The molecule has 0 aromatic heterocycles. The third kappa shape index (κ3) is 4.38. The summed E-state index contributed by atoms with van der Waals surface area (Å²) in [7, 11) is -3.51. The SMILES string of the molecule is Cl.O=C1CCc2cc(S(=O)(=O)N3CCN(Cc4ccccc4)CC3)ccc2N1. The molecule has 0 bridgehead atoms. The molecule has 1 N–H and O–H groups in total. The van der Waals surface area contributed by atoms with Crippen LogP contribution in [-0.2, 0) is 27.8 Å². The number of hydrogen-bond donors (Lipinski definition) is 1. The van der Waals surface area contributed by atoms with Crippen LogP contribution in [0, 0.1) is 0 Å². The van der Waals surface area contributed by atoms with Crippen LogP contribution in [0.4, 0.5) is 5.69 Å². The topological polar surface area (TPSA) is 69.7 Å². The molecule has 2 aliphatic rings. The number of anilines is 1. The van der Waals surface area contributed by atoms with E-state index in [-0.39, 0.29) is 18.3 Å². The van der Waals surface area contributed by atoms with Crippen LogP contribution in [0.15, 0.2) is 53.4 Å². The fraction of sp³-hybridized carbons (Fsp3) is 0.350. The molecule has 28 heavy (non-hydrogen) atoms. The highest BCUT2D eigenvalue weighted by Crippen LogP contribution is 2.27. The monoisotopic (exact) mass is 421 g/mol. The van der Waals surface area contributed by atoms with Gasteiger partial charge >= 0.3 is 0 Å². The molecule has 0 atom stereocenters. The highest BCUT2D eigenvalue weighted by Gasteiger charge is 2.29. The largest absolute Gasteiger partial charge is 0.326 e. The molecule has 2 aromatic carbocycles. The van der Waals surface area contributed by atoms with Gasteiger partial charge in [0.2, 0.25) is 15.9 Å². The summed E-state index contributed by atoms with van der Waals surface area (Å²) in [6, 6.07) is 15.2. The number of carbonyl (C=O) groups is 1. The van der Waals surface area contributed by atoms with Crippen molar-refractivity contribution in [2.75, 3.05) is 31.5 Å². The minimum atomic E-state index is -3.51. The third-order valence-electron chi connectivity index (χ3n) is 5.19. The van der Waals surface area contributed by atoms with Gasteiger partial charge in [0.15, 0.2) is 0 Å². The molecule has 8 heteroatoms. The molecule has 0 spiro atoms. The van der Waals surface area contributed by atoms with Gasteiger partial charge in [-0.1, -0.05) is 30.3 Å². The van der Waals surface area contributed by atoms with Crippen molar-refractivity contribution in [3.05, 3.63) is 59.7 Å². The molecule has 0 unspecified atom stereocenters. The van der Waals surface area contributed by atoms with Crippen LogP contribution in [0.3, 0.4) is 0 Å². The van der Waals surface area contributed by atoms with Crippen LogP contribution in [0.25, 0.3) is 0 Å². The van der Waals surface area contributed by atoms with Crippen LogP contribution >= 0.6 is 12.4 Å². The van der Waals surface area contributed by atoms with Gasteiger partial charge in [-0.15, -0.1) is 12.4 Å². The molecule has 2 aliphatic heterocycles. The van der Waals surface area contributed by atoms with Crippen molar-refractivity contribution in [1.29, 1.82) is 0 Å². The fourth-order valence-electron chi connectivity index (χ4n) is 3.64. The van der Waals surface area contributed by atoms with Gasteiger partial charge in [0.1, 0.15) is 0 Å². The second kappa shape index (κ2) is 8.61. The van der Waals surface area contributed by atoms with Crippen LogP contribution in [0.2, 0.25) is 0 Å². The second-order valence-corrected chi connectivity index (χ2v) is 8.97. The first kappa shape index (κ1) is 20.8. The van der Waals surface area contributed by atoms with Crippen molar-refractivity contribution in [2.45, 2.75) is 24.3 Å². The van der Waals surface area contributed by atoms with E-state index in [1.165, 1.54) is 5.56 Å². The molecule has 0 radical (unpaired) electrons. The number of aryl methyl sites for hydroxylation is 1. The number of piperazine rings is 1. The van der Waals surface area contributed by atoms with E-state index in [0.29, 0.717) is 30.8 Å². The summed E-state index contributed by atoms with van der Waals surface area (Å²) in [6.07, 6.45) is 0.976. The molecular weight excluding hydrogens is 398 g/mol. The van der Waals surface area contributed by atoms with Crippen LogP contribution in [0.5, 0.6) is 0 Å². The highest BCUT2D eigenvalue weighted by molar-refractivity contribution is 7.89. The van der Waals surface area contributed by atoms with Crippen LogP contribution < -0.4 is 5.32 Å². The summed E-state index contributed by atoms with van der Waals surface area (Å²) in [5.74, 6) is -0.0207. The Morgan fingerprint density at radius 3 is 2.36 bits per heavy atom. The van der Waals surface area contributed by atoms with Gasteiger partial charge in [0, 0.05) is 44.8 Å². The summed E-state index contributed by atoms with van der Waals surface area (Å²) in [5, 5.41) is 2.79. The van der Waals surface area contributed by atoms with Crippen molar-refractivity contribution in [2.24, 2.45) is 0 Å². The number of fused-ring (bicyclic) bond motifs is 1. The van der Waals surface area contributed by atoms with E-state index >= 15 is 0 Å². The van der Waals surface area contributed by atoms with Gasteiger partial charge in [0.05, 0.1) is 4.90 Å². The summed E-state index contributed by atoms with van der Waals surface area (Å²) < 4.78 is 27.6. The standard InChI is InChI=1S/C20H23N3O3S.ClH/c24-20-9-6-17-14-18(7-8-19(17)21-20)27(25,26)23-12-10-22(11-13-23)15-16-4-2-1-3-5-16;/h1-5,7-8,14H,6,9-13,15H2,(H,21,24);1H. The fourth-order valence-corrected chi connectivity index (χ4v) is 5.11. The molecule has 0 saturated carbocycles. The predicted molar refractivity (Wildman–Crippen MR) is 111 cm³/mol. The lowest BCUT2D eigenvalue weighted by Crippen LogP contribution is -2.48. The zero-order valence-corrected chi connectivity index (χ0v) is 17.1. The van der Waals surface area contributed by atoms with Crippen molar-refractivity contribution in [3.63, 3.8) is 0 Å². The van der Waals surface area contributed by atoms with E-state index in [2.05, 4.69) is 22.3 Å². The van der Waals surface area contributed by atoms with Crippen molar-refractivity contribution in [3.8, 4) is 0 Å². The van der Waals surface area contributed by atoms with Crippen molar-refractivity contribution in [1.82, 2.24) is 9.21 Å². The number of nitrogens with zero attached hydrogens (tertiary/aromatic N) is 2. The summed E-state index contributed by atoms with van der Waals surface area (Å²) in [6.45, 7) is 3.25. The zero-order valence-electron chi connectivity index (χ0n) is 15.5. The summed E-state index contributed by atoms with van der Waals surface area (Å²) in [4.78, 5) is 14.1. The first-order valence-corrected chi connectivity index (χ1v) is 10.7. The average Bonchev–Trinajstić information content (AvgIpc) is 2.69. The number of halogens is 1. The number of rotatable bonds is 4. The van der Waals surface area contributed by atoms with Gasteiger partial charge in [-0.3, -0.25) is 9.69 Å². The van der Waals surface area contributed by atoms with Crippen molar-refractivity contribution >= 4 is 34.0 Å². The number of hydrogen-bond acceptors (Lipinski definition) is 4. The molecule has 1 saturated heterocycles. The molecule has 0 aliphatic carbocycles. The molecule has 1 fully saturated rings. The van der Waals surface area contributed by atoms with E-state index in [9.17, 15) is 13.2 Å². The maximum atomic E-state index is 13.0. The number of benzene rings is 2. The number of amides is 1. The number of carbonyl (C=O) groups excluding carboxylic acids is 1. The van der Waals surface area contributed by atoms with E-state index < -0.39 is 10.0 Å². The van der Waals surface area contributed by atoms with E-state index in [1.807, 2.05) is 18.2 Å². The summed E-state index contributed by atoms with van der Waals surface area (Å²) in [5.41, 5.74) is 2.85. The Morgan fingerprint density at radius 1 is 0.929 bits per heavy atom. The molecular formula is C20H24ClN3O3S. The Kier molecular flexibility index (Phi) is 6.40. The lowest BCUT2D eigenvalue weighted by atomic mass is 10.0. The van der Waals surface area contributed by atoms with Crippen LogP contribution in [-0.4, -0.2) is 49.7 Å². The lowest BCUT2D eigenvalue weighted by molar-refractivity contribution is -0.116. The second-order valence-electron chi connectivity index (χ2n) is 7.03. The zero-order chi connectivity index (χ0) is 18.9. The van der Waals surface area contributed by atoms with Gasteiger partial charge < -0.3 is 5.32 Å². The molecule has 6 nitrogen and oxygen atoms in total. The van der Waals surface area contributed by atoms with E-state index in [4.69, 9.17) is 0 Å². The molecule has 150 valence electrons. The maximum absolute atomic E-state index is 13.0. The van der Waals surface area contributed by atoms with Crippen molar-refractivity contribution < 1.29 is 13.2 Å². The van der Waals surface area contributed by atoms with Gasteiger partial charge in [-0.2, -0.15) is 4.31 Å². The number of sulfonamides is 1. The smallest absolute Gasteiger partial charge is 0.243 e. The average molecular weight is 422 g/mol. The third-order valence-corrected chi connectivity index (χ3v) is 7.08. The normalized spacial score (nSPS) is 18.1. The lowest BCUT2D eigenvalue weighted by Gasteiger charge is -2.34. The Bertz CT molecular complexity index is 942. The Labute approximate surface area is 172 Å². The molecule has 1 amide bonds. The molecule has 2 heterocycles. The maximum Gasteiger partial charge on any atom is 0.243 e. The van der Waals surface area contributed by atoms with Crippen LogP contribution in [0.1, 0.15) is 17.5 Å². The minimum Gasteiger partial charge on any atom is -0.326 e. The summed E-state index contributed by atoms with van der Waals surface area (Å²) >= 11 is 0. The first-order chi connectivity index (χ1) is 13.0. The first-order valence-electron chi connectivity index (χ1n) is 9.21. The number of nitrogens with one attached hydrogen (secondary N) is 1. The van der Waals surface area contributed by atoms with Gasteiger partial charge in [-0.05, 0) is 35.7 Å². The van der Waals surface area contributed by atoms with E-state index in [1.54, 1.807) is 22.5 Å². The molecule has 2 aromatic rings. The van der Waals surface area contributed by atoms with Gasteiger partial charge in [0.25, 0.3) is 0 Å². The minimum absolute atomic E-state index is 0. The molecule has 4 rings (SSSR count). The predicted octanol–water partition coefficient (Wildman–Crippen LogP) is 2.50.